The molecule has 0 aliphatic carbocycles. The number of hydrogen-bond donors (Lipinski definition) is 2. The van der Waals surface area contributed by atoms with Crippen molar-refractivity contribution < 1.29 is 0 Å². The average Bonchev–Trinajstić information content (AvgIpc) is 2.30. The van der Waals surface area contributed by atoms with Crippen LogP contribution in [-0.4, -0.2) is 20.4 Å². The van der Waals surface area contributed by atoms with E-state index in [0.29, 0.717) is 12.5 Å². The summed E-state index contributed by atoms with van der Waals surface area (Å²) in [5, 5.41) is 17.6. The molecule has 2 aromatic rings. The van der Waals surface area contributed by atoms with Gasteiger partial charge >= 0.3 is 0 Å². The highest BCUT2D eigenvalue weighted by atomic mass is 15.4. The molecule has 0 saturated heterocycles. The second kappa shape index (κ2) is 4.32. The largest absolute Gasteiger partial charge is 0.365 e. The van der Waals surface area contributed by atoms with Gasteiger partial charge in [-0.1, -0.05) is 30.3 Å². The summed E-state index contributed by atoms with van der Waals surface area (Å²) in [5.74, 6) is 0.438. The molecule has 76 valence electrons. The van der Waals surface area contributed by atoms with Crippen molar-refractivity contribution in [1.29, 1.82) is 0 Å². The lowest BCUT2D eigenvalue weighted by Crippen LogP contribution is -2.07. The average molecular weight is 202 g/mol. The maximum absolute atomic E-state index is 5.26. The molecule has 0 spiro atoms. The topological polar surface area (TPSA) is 89.6 Å². The van der Waals surface area contributed by atoms with E-state index < -0.39 is 0 Å². The summed E-state index contributed by atoms with van der Waals surface area (Å²) in [6.07, 6.45) is 0. The van der Waals surface area contributed by atoms with Crippen molar-refractivity contribution >= 4 is 11.9 Å². The van der Waals surface area contributed by atoms with Crippen molar-refractivity contribution in [3.8, 4) is 0 Å². The predicted octanol–water partition coefficient (Wildman–Crippen LogP) is 0.461. The van der Waals surface area contributed by atoms with Crippen LogP contribution in [0.5, 0.6) is 0 Å². The molecule has 2 rings (SSSR count). The molecule has 0 bridgehead atoms. The van der Waals surface area contributed by atoms with Gasteiger partial charge in [-0.15, -0.1) is 20.4 Å². The summed E-state index contributed by atoms with van der Waals surface area (Å²) >= 11 is 0. The number of nitrogens with zero attached hydrogens (tertiary/aromatic N) is 4. The minimum absolute atomic E-state index is 0.0697. The summed E-state index contributed by atoms with van der Waals surface area (Å²) < 4.78 is 0. The van der Waals surface area contributed by atoms with Gasteiger partial charge in [0.2, 0.25) is 0 Å². The number of aromatic nitrogens is 4. The van der Waals surface area contributed by atoms with Crippen LogP contribution in [0.4, 0.5) is 11.9 Å². The lowest BCUT2D eigenvalue weighted by Gasteiger charge is -2.02. The minimum Gasteiger partial charge on any atom is -0.365 e. The molecular formula is C9H10N6. The lowest BCUT2D eigenvalue weighted by molar-refractivity contribution is 0.862. The fourth-order valence-corrected chi connectivity index (χ4v) is 1.08. The molecule has 0 amide bonds. The van der Waals surface area contributed by atoms with Crippen molar-refractivity contribution in [2.75, 3.05) is 11.1 Å². The fourth-order valence-electron chi connectivity index (χ4n) is 1.08. The van der Waals surface area contributed by atoms with Gasteiger partial charge < -0.3 is 11.1 Å². The van der Waals surface area contributed by atoms with Crippen molar-refractivity contribution in [2.24, 2.45) is 0 Å². The number of hydrogen-bond acceptors (Lipinski definition) is 6. The van der Waals surface area contributed by atoms with Crippen LogP contribution < -0.4 is 11.1 Å². The molecule has 1 aromatic heterocycles. The standard InChI is InChI=1S/C9H10N6/c10-8-12-14-9(15-13-8)11-6-7-4-2-1-3-5-7/h1-5H,6H2,(H2,10,12,13)(H,11,14,15). The Morgan fingerprint density at radius 2 is 1.67 bits per heavy atom. The van der Waals surface area contributed by atoms with Gasteiger partial charge in [0, 0.05) is 6.54 Å². The molecule has 6 heteroatoms. The van der Waals surface area contributed by atoms with Crippen LogP contribution >= 0.6 is 0 Å². The van der Waals surface area contributed by atoms with Crippen LogP contribution in [0.15, 0.2) is 30.3 Å². The van der Waals surface area contributed by atoms with E-state index in [9.17, 15) is 0 Å². The quantitative estimate of drug-likeness (QED) is 0.751. The first-order valence-electron chi connectivity index (χ1n) is 4.45. The highest BCUT2D eigenvalue weighted by Crippen LogP contribution is 2.01. The van der Waals surface area contributed by atoms with Gasteiger partial charge in [0.1, 0.15) is 0 Å². The summed E-state index contributed by atoms with van der Waals surface area (Å²) in [7, 11) is 0. The Morgan fingerprint density at radius 3 is 2.33 bits per heavy atom. The second-order valence-corrected chi connectivity index (χ2v) is 2.92. The number of rotatable bonds is 3. The Kier molecular flexibility index (Phi) is 2.68. The number of nitrogens with one attached hydrogen (secondary N) is 1. The molecule has 1 heterocycles. The SMILES string of the molecule is Nc1nnc(NCc2ccccc2)nn1. The normalized spacial score (nSPS) is 9.87. The van der Waals surface area contributed by atoms with E-state index in [2.05, 4.69) is 25.7 Å². The number of benzene rings is 1. The first kappa shape index (κ1) is 9.32. The highest BCUT2D eigenvalue weighted by molar-refractivity contribution is 5.25. The maximum Gasteiger partial charge on any atom is 0.262 e. The Morgan fingerprint density at radius 1 is 1.00 bits per heavy atom. The molecule has 6 nitrogen and oxygen atoms in total. The van der Waals surface area contributed by atoms with Gasteiger partial charge in [0.15, 0.2) is 0 Å². The molecule has 0 aliphatic heterocycles. The zero-order valence-electron chi connectivity index (χ0n) is 7.96. The van der Waals surface area contributed by atoms with Crippen LogP contribution in [0, 0.1) is 0 Å². The molecule has 0 atom stereocenters. The molecule has 0 saturated carbocycles. The van der Waals surface area contributed by atoms with E-state index in [1.54, 1.807) is 0 Å². The third kappa shape index (κ3) is 2.60. The van der Waals surface area contributed by atoms with E-state index in [1.807, 2.05) is 30.3 Å². The number of anilines is 2. The Hall–Kier alpha value is -2.24. The van der Waals surface area contributed by atoms with Crippen LogP contribution in [0.2, 0.25) is 0 Å². The lowest BCUT2D eigenvalue weighted by atomic mass is 10.2. The van der Waals surface area contributed by atoms with Gasteiger partial charge in [-0.2, -0.15) is 0 Å². The van der Waals surface area contributed by atoms with E-state index in [0.717, 1.165) is 5.56 Å². The Bertz CT molecular complexity index is 412. The van der Waals surface area contributed by atoms with E-state index in [4.69, 9.17) is 5.73 Å². The van der Waals surface area contributed by atoms with Crippen molar-refractivity contribution in [3.63, 3.8) is 0 Å². The van der Waals surface area contributed by atoms with Gasteiger partial charge in [-0.3, -0.25) is 0 Å². The summed E-state index contributed by atoms with van der Waals surface area (Å²) in [5.41, 5.74) is 6.40. The van der Waals surface area contributed by atoms with Crippen LogP contribution in [-0.2, 0) is 6.54 Å². The highest BCUT2D eigenvalue weighted by Gasteiger charge is 1.97. The molecule has 1 aromatic carbocycles. The van der Waals surface area contributed by atoms with Gasteiger partial charge in [-0.25, -0.2) is 0 Å². The maximum atomic E-state index is 5.26. The third-order valence-electron chi connectivity index (χ3n) is 1.79. The van der Waals surface area contributed by atoms with Crippen molar-refractivity contribution in [2.45, 2.75) is 6.54 Å². The Balaban J connectivity index is 1.96. The number of nitrogen functional groups attached to an aromatic ring is 1. The molecule has 0 fully saturated rings. The minimum atomic E-state index is 0.0697. The fraction of sp³-hybridized carbons (Fsp3) is 0.111. The van der Waals surface area contributed by atoms with Crippen molar-refractivity contribution in [3.05, 3.63) is 35.9 Å². The third-order valence-corrected chi connectivity index (χ3v) is 1.79. The zero-order chi connectivity index (χ0) is 10.5. The first-order chi connectivity index (χ1) is 7.34. The molecule has 3 N–H and O–H groups in total. The van der Waals surface area contributed by atoms with Gasteiger partial charge in [-0.05, 0) is 5.56 Å². The van der Waals surface area contributed by atoms with Crippen LogP contribution in [0.3, 0.4) is 0 Å². The molecule has 0 radical (unpaired) electrons. The van der Waals surface area contributed by atoms with E-state index in [-0.39, 0.29) is 5.95 Å². The number of nitrogens with two attached hydrogens (primary N) is 1. The first-order valence-corrected chi connectivity index (χ1v) is 4.45. The molecule has 0 unspecified atom stereocenters. The molecular weight excluding hydrogens is 192 g/mol. The van der Waals surface area contributed by atoms with Crippen LogP contribution in [0.25, 0.3) is 0 Å². The smallest absolute Gasteiger partial charge is 0.262 e. The van der Waals surface area contributed by atoms with Gasteiger partial charge in [0.25, 0.3) is 11.9 Å². The second-order valence-electron chi connectivity index (χ2n) is 2.92. The van der Waals surface area contributed by atoms with E-state index in [1.165, 1.54) is 0 Å². The summed E-state index contributed by atoms with van der Waals surface area (Å²) in [6.45, 7) is 0.633. The zero-order valence-corrected chi connectivity index (χ0v) is 7.96. The van der Waals surface area contributed by atoms with Gasteiger partial charge in [0.05, 0.1) is 0 Å². The summed E-state index contributed by atoms with van der Waals surface area (Å²) in [4.78, 5) is 0. The van der Waals surface area contributed by atoms with Crippen molar-refractivity contribution in [1.82, 2.24) is 20.4 Å². The monoisotopic (exact) mass is 202 g/mol. The molecule has 0 aliphatic rings. The predicted molar refractivity (Wildman–Crippen MR) is 55.8 cm³/mol. The Labute approximate surface area is 86.6 Å². The summed E-state index contributed by atoms with van der Waals surface area (Å²) in [6, 6.07) is 9.91. The molecule has 15 heavy (non-hydrogen) atoms. The van der Waals surface area contributed by atoms with E-state index >= 15 is 0 Å². The van der Waals surface area contributed by atoms with Crippen LogP contribution in [0.1, 0.15) is 5.56 Å².